The van der Waals surface area contributed by atoms with Crippen molar-refractivity contribution in [1.29, 1.82) is 0 Å². The van der Waals surface area contributed by atoms with Crippen molar-refractivity contribution in [2.24, 2.45) is 0 Å². The number of anilines is 2. The standard InChI is InChI=1S/C26H26Cl2N6O3/c1-16(17-2-4-18(27)5-3-17)34-24-23(30-31-34)26(15-22(35)29-24)20-14-19(28)6-7-21(20)33(25(26)36)9-8-32-10-12-37-13-11-32/h2-7,14,16H,8-13,15H2,1H3,(H,29,35)/t16?,26-/m1/s1. The zero-order valence-electron chi connectivity index (χ0n) is 20.3. The minimum atomic E-state index is -1.29. The summed E-state index contributed by atoms with van der Waals surface area (Å²) in [5.74, 6) is -0.0259. The van der Waals surface area contributed by atoms with Crippen molar-refractivity contribution in [3.63, 3.8) is 0 Å². The number of halogens is 2. The summed E-state index contributed by atoms with van der Waals surface area (Å²) < 4.78 is 7.11. The average Bonchev–Trinajstić information content (AvgIpc) is 3.41. The Labute approximate surface area is 224 Å². The van der Waals surface area contributed by atoms with Crippen LogP contribution >= 0.6 is 23.2 Å². The number of morpholine rings is 1. The topological polar surface area (TPSA) is 92.6 Å². The van der Waals surface area contributed by atoms with E-state index in [1.807, 2.05) is 37.3 Å². The minimum absolute atomic E-state index is 0.0613. The zero-order valence-corrected chi connectivity index (χ0v) is 21.8. The third-order valence-electron chi connectivity index (χ3n) is 7.56. The fourth-order valence-electron chi connectivity index (χ4n) is 5.58. The summed E-state index contributed by atoms with van der Waals surface area (Å²) in [6.07, 6.45) is -0.0613. The number of aromatic nitrogens is 3. The molecule has 37 heavy (non-hydrogen) atoms. The number of hydrogen-bond donors (Lipinski definition) is 1. The largest absolute Gasteiger partial charge is 0.379 e. The van der Waals surface area contributed by atoms with Gasteiger partial charge in [0.25, 0.3) is 0 Å². The summed E-state index contributed by atoms with van der Waals surface area (Å²) in [6, 6.07) is 12.6. The van der Waals surface area contributed by atoms with E-state index in [4.69, 9.17) is 27.9 Å². The molecule has 0 aliphatic carbocycles. The second-order valence-electron chi connectivity index (χ2n) is 9.66. The van der Waals surface area contributed by atoms with E-state index in [2.05, 4.69) is 20.5 Å². The highest BCUT2D eigenvalue weighted by Gasteiger charge is 2.58. The zero-order chi connectivity index (χ0) is 25.7. The van der Waals surface area contributed by atoms with Crippen LogP contribution in [0.25, 0.3) is 0 Å². The molecule has 0 saturated carbocycles. The molecule has 1 spiro atoms. The summed E-state index contributed by atoms with van der Waals surface area (Å²) in [5, 5.41) is 13.0. The quantitative estimate of drug-likeness (QED) is 0.532. The predicted molar refractivity (Wildman–Crippen MR) is 140 cm³/mol. The number of nitrogens with zero attached hydrogens (tertiary/aromatic N) is 5. The fourth-order valence-corrected chi connectivity index (χ4v) is 5.88. The van der Waals surface area contributed by atoms with E-state index in [1.165, 1.54) is 0 Å². The molecule has 1 aromatic heterocycles. The van der Waals surface area contributed by atoms with Crippen molar-refractivity contribution in [3.05, 3.63) is 69.3 Å². The molecule has 1 N–H and O–H groups in total. The van der Waals surface area contributed by atoms with Crippen molar-refractivity contribution in [2.75, 3.05) is 49.6 Å². The Bertz CT molecular complexity index is 1370. The molecular weight excluding hydrogens is 515 g/mol. The van der Waals surface area contributed by atoms with Crippen LogP contribution in [0.5, 0.6) is 0 Å². The second-order valence-corrected chi connectivity index (χ2v) is 10.5. The molecule has 3 aromatic rings. The van der Waals surface area contributed by atoms with Crippen molar-refractivity contribution in [1.82, 2.24) is 19.9 Å². The fraction of sp³-hybridized carbons (Fsp3) is 0.385. The first kappa shape index (κ1) is 24.4. The van der Waals surface area contributed by atoms with Crippen LogP contribution in [0.3, 0.4) is 0 Å². The Morgan fingerprint density at radius 3 is 2.54 bits per heavy atom. The summed E-state index contributed by atoms with van der Waals surface area (Å²) in [4.78, 5) is 31.5. The summed E-state index contributed by atoms with van der Waals surface area (Å²) >= 11 is 12.5. The van der Waals surface area contributed by atoms with Gasteiger partial charge in [-0.1, -0.05) is 40.5 Å². The SMILES string of the molecule is CC(c1ccc(Cl)cc1)n1nnc2c1NC(=O)C[C@]21C(=O)N(CCN2CCOCC2)c2ccc(Cl)cc21. The van der Waals surface area contributed by atoms with Gasteiger partial charge in [-0.15, -0.1) is 5.10 Å². The van der Waals surface area contributed by atoms with E-state index in [9.17, 15) is 9.59 Å². The van der Waals surface area contributed by atoms with Crippen molar-refractivity contribution >= 4 is 46.5 Å². The number of carbonyl (C=O) groups excluding carboxylic acids is 2. The van der Waals surface area contributed by atoms with E-state index in [-0.39, 0.29) is 24.3 Å². The normalized spacial score (nSPS) is 22.2. The van der Waals surface area contributed by atoms with Crippen LogP contribution in [-0.2, 0) is 19.7 Å². The molecule has 6 rings (SSSR count). The van der Waals surface area contributed by atoms with E-state index in [0.29, 0.717) is 53.4 Å². The number of rotatable bonds is 5. The Kier molecular flexibility index (Phi) is 6.19. The van der Waals surface area contributed by atoms with Gasteiger partial charge in [0.05, 0.1) is 25.7 Å². The molecule has 0 bridgehead atoms. The molecule has 3 aliphatic rings. The third-order valence-corrected chi connectivity index (χ3v) is 8.05. The van der Waals surface area contributed by atoms with E-state index in [1.54, 1.807) is 21.7 Å². The summed E-state index contributed by atoms with van der Waals surface area (Å²) in [6.45, 7) is 6.16. The molecule has 1 unspecified atom stereocenters. The van der Waals surface area contributed by atoms with Crippen LogP contribution in [0.2, 0.25) is 10.0 Å². The highest BCUT2D eigenvalue weighted by atomic mass is 35.5. The third kappa shape index (κ3) is 4.01. The molecule has 1 saturated heterocycles. The lowest BCUT2D eigenvalue weighted by molar-refractivity contribution is -0.126. The van der Waals surface area contributed by atoms with Crippen LogP contribution < -0.4 is 10.2 Å². The van der Waals surface area contributed by atoms with Crippen LogP contribution in [0.4, 0.5) is 11.5 Å². The Morgan fingerprint density at radius 2 is 1.78 bits per heavy atom. The first-order valence-corrected chi connectivity index (χ1v) is 13.1. The molecule has 3 aliphatic heterocycles. The minimum Gasteiger partial charge on any atom is -0.379 e. The maximum Gasteiger partial charge on any atom is 0.244 e. The van der Waals surface area contributed by atoms with Crippen LogP contribution in [-0.4, -0.2) is 71.1 Å². The molecule has 4 heterocycles. The molecule has 192 valence electrons. The molecule has 2 amide bonds. The average molecular weight is 541 g/mol. The van der Waals surface area contributed by atoms with E-state index >= 15 is 0 Å². The number of ether oxygens (including phenoxy) is 1. The van der Waals surface area contributed by atoms with Gasteiger partial charge in [-0.3, -0.25) is 14.5 Å². The number of fused-ring (bicyclic) bond motifs is 4. The molecule has 0 radical (unpaired) electrons. The lowest BCUT2D eigenvalue weighted by Gasteiger charge is -2.32. The van der Waals surface area contributed by atoms with Crippen LogP contribution in [0.1, 0.15) is 36.2 Å². The number of carbonyl (C=O) groups is 2. The van der Waals surface area contributed by atoms with E-state index in [0.717, 1.165) is 24.3 Å². The highest BCUT2D eigenvalue weighted by Crippen LogP contribution is 2.52. The van der Waals surface area contributed by atoms with Crippen molar-refractivity contribution in [3.8, 4) is 0 Å². The lowest BCUT2D eigenvalue weighted by Crippen LogP contribution is -2.49. The van der Waals surface area contributed by atoms with Gasteiger partial charge in [0.15, 0.2) is 5.82 Å². The summed E-state index contributed by atoms with van der Waals surface area (Å²) in [5.41, 5.74) is 1.54. The van der Waals surface area contributed by atoms with Gasteiger partial charge in [0.2, 0.25) is 11.8 Å². The Hall–Kier alpha value is -2.98. The Morgan fingerprint density at radius 1 is 1.05 bits per heavy atom. The van der Waals surface area contributed by atoms with Crippen molar-refractivity contribution in [2.45, 2.75) is 24.8 Å². The number of benzene rings is 2. The molecule has 2 atom stereocenters. The van der Waals surface area contributed by atoms with Gasteiger partial charge in [-0.2, -0.15) is 0 Å². The number of nitrogens with one attached hydrogen (secondary N) is 1. The smallest absolute Gasteiger partial charge is 0.244 e. The van der Waals surface area contributed by atoms with Gasteiger partial charge in [0.1, 0.15) is 11.1 Å². The van der Waals surface area contributed by atoms with E-state index < -0.39 is 5.41 Å². The molecule has 1 fully saturated rings. The van der Waals surface area contributed by atoms with Gasteiger partial charge >= 0.3 is 0 Å². The molecule has 2 aromatic carbocycles. The molecule has 11 heteroatoms. The predicted octanol–water partition coefficient (Wildman–Crippen LogP) is 3.50. The Balaban J connectivity index is 1.42. The van der Waals surface area contributed by atoms with Crippen LogP contribution in [0, 0.1) is 0 Å². The lowest BCUT2D eigenvalue weighted by atomic mass is 9.73. The second kappa shape index (κ2) is 9.40. The van der Waals surface area contributed by atoms with Crippen LogP contribution in [0.15, 0.2) is 42.5 Å². The highest BCUT2D eigenvalue weighted by molar-refractivity contribution is 6.31. The maximum atomic E-state index is 14.3. The first-order valence-electron chi connectivity index (χ1n) is 12.3. The van der Waals surface area contributed by atoms with Crippen molar-refractivity contribution < 1.29 is 14.3 Å². The molecular formula is C26H26Cl2N6O3. The summed E-state index contributed by atoms with van der Waals surface area (Å²) in [7, 11) is 0. The monoisotopic (exact) mass is 540 g/mol. The number of hydrogen-bond acceptors (Lipinski definition) is 6. The maximum absolute atomic E-state index is 14.3. The van der Waals surface area contributed by atoms with Gasteiger partial charge in [0, 0.05) is 41.9 Å². The van der Waals surface area contributed by atoms with Gasteiger partial charge in [-0.25, -0.2) is 4.68 Å². The van der Waals surface area contributed by atoms with Gasteiger partial charge < -0.3 is 15.0 Å². The molecule has 9 nitrogen and oxygen atoms in total. The van der Waals surface area contributed by atoms with Gasteiger partial charge in [-0.05, 0) is 48.4 Å². The number of amides is 2. The first-order chi connectivity index (χ1) is 17.9.